The van der Waals surface area contributed by atoms with E-state index in [0.717, 1.165) is 16.8 Å². The Labute approximate surface area is 156 Å². The lowest BCUT2D eigenvalue weighted by Crippen LogP contribution is -2.19. The normalized spacial score (nSPS) is 12.2. The molecule has 0 saturated carbocycles. The highest BCUT2D eigenvalue weighted by Gasteiger charge is 2.18. The Kier molecular flexibility index (Phi) is 6.85. The lowest BCUT2D eigenvalue weighted by atomic mass is 10.1. The van der Waals surface area contributed by atoms with E-state index in [0.29, 0.717) is 16.7 Å². The van der Waals surface area contributed by atoms with E-state index in [1.165, 1.54) is 11.8 Å². The molecule has 0 aliphatic rings. The molecule has 1 aromatic heterocycles. The minimum atomic E-state index is -0.654. The largest absolute Gasteiger partial charge is 0.431 e. The van der Waals surface area contributed by atoms with Crippen LogP contribution in [0.1, 0.15) is 0 Å². The Bertz CT molecular complexity index is 735. The zero-order chi connectivity index (χ0) is 18.2. The molecule has 0 fully saturated rings. The molecule has 0 amide bonds. The van der Waals surface area contributed by atoms with E-state index >= 15 is 0 Å². The van der Waals surface area contributed by atoms with Crippen molar-refractivity contribution in [2.75, 3.05) is 25.6 Å². The lowest BCUT2D eigenvalue weighted by molar-refractivity contribution is 0.0310. The number of aliphatic hydroxyl groups excluding tert-OH is 2. The molecule has 0 saturated heterocycles. The third kappa shape index (κ3) is 4.95. The number of benzene rings is 2. The van der Waals surface area contributed by atoms with Crippen molar-refractivity contribution in [3.63, 3.8) is 0 Å². The maximum Gasteiger partial charge on any atom is 0.256 e. The molecule has 3 aromatic rings. The SMILES string of the molecule is OCCOCC(O)CSc1nc(-c2ccccc2)c(-c2ccccc2)o1. The van der Waals surface area contributed by atoms with Crippen molar-refractivity contribution in [2.24, 2.45) is 0 Å². The van der Waals surface area contributed by atoms with Crippen molar-refractivity contribution in [1.29, 1.82) is 0 Å². The molecule has 6 heteroatoms. The Morgan fingerprint density at radius 3 is 2.31 bits per heavy atom. The number of aliphatic hydroxyl groups is 2. The zero-order valence-corrected chi connectivity index (χ0v) is 15.1. The highest BCUT2D eigenvalue weighted by atomic mass is 32.2. The topological polar surface area (TPSA) is 75.7 Å². The van der Waals surface area contributed by atoms with Crippen LogP contribution in [-0.2, 0) is 4.74 Å². The lowest BCUT2D eigenvalue weighted by Gasteiger charge is -2.08. The molecule has 1 unspecified atom stereocenters. The number of hydrogen-bond acceptors (Lipinski definition) is 6. The van der Waals surface area contributed by atoms with Gasteiger partial charge in [0.1, 0.15) is 5.69 Å². The average molecular weight is 371 g/mol. The fraction of sp³-hybridized carbons (Fsp3) is 0.250. The van der Waals surface area contributed by atoms with Crippen LogP contribution in [0.5, 0.6) is 0 Å². The van der Waals surface area contributed by atoms with Gasteiger partial charge >= 0.3 is 0 Å². The van der Waals surface area contributed by atoms with E-state index in [-0.39, 0.29) is 19.8 Å². The molecular weight excluding hydrogens is 350 g/mol. The molecule has 5 nitrogen and oxygen atoms in total. The van der Waals surface area contributed by atoms with Crippen molar-refractivity contribution >= 4 is 11.8 Å². The van der Waals surface area contributed by atoms with Crippen molar-refractivity contribution in [3.8, 4) is 22.6 Å². The second-order valence-corrected chi connectivity index (χ2v) is 6.62. The standard InChI is InChI=1S/C20H21NO4S/c22-11-12-24-13-17(23)14-26-20-21-18(15-7-3-1-4-8-15)19(25-20)16-9-5-2-6-10-16/h1-10,17,22-23H,11-14H2. The number of rotatable bonds is 9. The number of nitrogens with zero attached hydrogens (tertiary/aromatic N) is 1. The van der Waals surface area contributed by atoms with Crippen LogP contribution in [0.2, 0.25) is 0 Å². The number of hydrogen-bond donors (Lipinski definition) is 2. The van der Waals surface area contributed by atoms with Crippen LogP contribution in [0, 0.1) is 0 Å². The molecule has 136 valence electrons. The monoisotopic (exact) mass is 371 g/mol. The van der Waals surface area contributed by atoms with Gasteiger partial charge in [-0.25, -0.2) is 4.98 Å². The van der Waals surface area contributed by atoms with Crippen LogP contribution in [-0.4, -0.2) is 46.9 Å². The predicted octanol–water partition coefficient (Wildman–Crippen LogP) is 3.47. The van der Waals surface area contributed by atoms with Crippen LogP contribution in [0.4, 0.5) is 0 Å². The average Bonchev–Trinajstić information content (AvgIpc) is 3.12. The Hall–Kier alpha value is -2.12. The van der Waals surface area contributed by atoms with Crippen molar-refractivity contribution in [2.45, 2.75) is 11.3 Å². The number of oxazole rings is 1. The molecule has 2 N–H and O–H groups in total. The summed E-state index contributed by atoms with van der Waals surface area (Å²) in [7, 11) is 0. The van der Waals surface area contributed by atoms with Gasteiger partial charge in [-0.2, -0.15) is 0 Å². The van der Waals surface area contributed by atoms with E-state index in [4.69, 9.17) is 14.3 Å². The molecule has 26 heavy (non-hydrogen) atoms. The maximum atomic E-state index is 9.95. The number of thioether (sulfide) groups is 1. The number of aromatic nitrogens is 1. The molecule has 1 atom stereocenters. The second-order valence-electron chi connectivity index (χ2n) is 5.65. The number of ether oxygens (including phenoxy) is 1. The van der Waals surface area contributed by atoms with E-state index in [1.54, 1.807) is 0 Å². The summed E-state index contributed by atoms with van der Waals surface area (Å²) in [5, 5.41) is 19.2. The van der Waals surface area contributed by atoms with Gasteiger partial charge < -0.3 is 19.4 Å². The minimum absolute atomic E-state index is 0.0551. The first kappa shape index (κ1) is 18.7. The van der Waals surface area contributed by atoms with Crippen molar-refractivity contribution < 1.29 is 19.4 Å². The molecule has 0 aliphatic carbocycles. The van der Waals surface area contributed by atoms with Crippen LogP contribution in [0.15, 0.2) is 70.3 Å². The summed E-state index contributed by atoms with van der Waals surface area (Å²) in [6, 6.07) is 19.7. The Balaban J connectivity index is 1.79. The van der Waals surface area contributed by atoms with Gasteiger partial charge in [-0.1, -0.05) is 72.4 Å². The zero-order valence-electron chi connectivity index (χ0n) is 14.2. The third-order valence-electron chi connectivity index (χ3n) is 3.64. The summed E-state index contributed by atoms with van der Waals surface area (Å²) >= 11 is 1.34. The molecule has 2 aromatic carbocycles. The molecule has 0 spiro atoms. The molecule has 0 radical (unpaired) electrons. The highest BCUT2D eigenvalue weighted by molar-refractivity contribution is 7.99. The van der Waals surface area contributed by atoms with E-state index in [9.17, 15) is 5.11 Å². The first-order valence-electron chi connectivity index (χ1n) is 8.39. The Morgan fingerprint density at radius 1 is 1.00 bits per heavy atom. The summed E-state index contributed by atoms with van der Waals surface area (Å²) in [5.74, 6) is 1.11. The third-order valence-corrected chi connectivity index (χ3v) is 4.61. The summed E-state index contributed by atoms with van der Waals surface area (Å²) in [6.45, 7) is 0.336. The van der Waals surface area contributed by atoms with Gasteiger partial charge in [-0.15, -0.1) is 0 Å². The molecule has 0 bridgehead atoms. The first-order chi connectivity index (χ1) is 12.8. The van der Waals surface area contributed by atoms with E-state index < -0.39 is 6.10 Å². The van der Waals surface area contributed by atoms with Crippen LogP contribution in [0.3, 0.4) is 0 Å². The van der Waals surface area contributed by atoms with Gasteiger partial charge in [0.05, 0.1) is 25.9 Å². The second kappa shape index (κ2) is 9.54. The highest BCUT2D eigenvalue weighted by Crippen LogP contribution is 2.35. The van der Waals surface area contributed by atoms with Crippen molar-refractivity contribution in [1.82, 2.24) is 4.98 Å². The predicted molar refractivity (Wildman–Crippen MR) is 102 cm³/mol. The Morgan fingerprint density at radius 2 is 1.65 bits per heavy atom. The summed E-state index contributed by atoms with van der Waals surface area (Å²) in [5.41, 5.74) is 2.72. The van der Waals surface area contributed by atoms with Crippen LogP contribution >= 0.6 is 11.8 Å². The summed E-state index contributed by atoms with van der Waals surface area (Å²) in [4.78, 5) is 4.63. The summed E-state index contributed by atoms with van der Waals surface area (Å²) in [6.07, 6.45) is -0.654. The van der Waals surface area contributed by atoms with Gasteiger partial charge in [0.15, 0.2) is 5.76 Å². The van der Waals surface area contributed by atoms with Gasteiger partial charge in [-0.05, 0) is 0 Å². The molecule has 1 heterocycles. The van der Waals surface area contributed by atoms with Crippen molar-refractivity contribution in [3.05, 3.63) is 60.7 Å². The molecule has 3 rings (SSSR count). The van der Waals surface area contributed by atoms with Gasteiger partial charge in [-0.3, -0.25) is 0 Å². The molecule has 0 aliphatic heterocycles. The molecular formula is C20H21NO4S. The van der Waals surface area contributed by atoms with Crippen LogP contribution < -0.4 is 0 Å². The fourth-order valence-electron chi connectivity index (χ4n) is 2.44. The summed E-state index contributed by atoms with van der Waals surface area (Å²) < 4.78 is 11.1. The van der Waals surface area contributed by atoms with E-state index in [2.05, 4.69) is 4.98 Å². The maximum absolute atomic E-state index is 9.95. The van der Waals surface area contributed by atoms with Gasteiger partial charge in [0.25, 0.3) is 5.22 Å². The van der Waals surface area contributed by atoms with Crippen LogP contribution in [0.25, 0.3) is 22.6 Å². The fourth-order valence-corrected chi connectivity index (χ4v) is 3.17. The van der Waals surface area contributed by atoms with Gasteiger partial charge in [0.2, 0.25) is 0 Å². The smallest absolute Gasteiger partial charge is 0.256 e. The quantitative estimate of drug-likeness (QED) is 0.443. The van der Waals surface area contributed by atoms with E-state index in [1.807, 2.05) is 60.7 Å². The van der Waals surface area contributed by atoms with Gasteiger partial charge in [0, 0.05) is 16.9 Å². The minimum Gasteiger partial charge on any atom is -0.431 e. The first-order valence-corrected chi connectivity index (χ1v) is 9.37.